The molecule has 0 unspecified atom stereocenters. The van der Waals surface area contributed by atoms with E-state index < -0.39 is 5.97 Å². The fourth-order valence-electron chi connectivity index (χ4n) is 3.28. The molecule has 1 aromatic heterocycles. The van der Waals surface area contributed by atoms with E-state index in [1.165, 1.54) is 11.8 Å². The van der Waals surface area contributed by atoms with Crippen molar-refractivity contribution in [2.45, 2.75) is 13.3 Å². The van der Waals surface area contributed by atoms with Crippen LogP contribution in [0.3, 0.4) is 0 Å². The Balaban J connectivity index is 1.60. The molecule has 0 aliphatic carbocycles. The summed E-state index contributed by atoms with van der Waals surface area (Å²) in [5.41, 5.74) is 2.61. The van der Waals surface area contributed by atoms with Crippen molar-refractivity contribution < 1.29 is 14.3 Å². The van der Waals surface area contributed by atoms with E-state index in [2.05, 4.69) is 5.10 Å². The maximum atomic E-state index is 13.0. The minimum atomic E-state index is -0.534. The first-order valence-electron chi connectivity index (χ1n) is 10.2. The van der Waals surface area contributed by atoms with Gasteiger partial charge in [-0.05, 0) is 37.1 Å². The van der Waals surface area contributed by atoms with Crippen LogP contribution in [0.5, 0.6) is 0 Å². The molecule has 8 heteroatoms. The van der Waals surface area contributed by atoms with Gasteiger partial charge in [-0.15, -0.1) is 0 Å². The number of carbonyl (C=O) groups excluding carboxylic acids is 2. The summed E-state index contributed by atoms with van der Waals surface area (Å²) >= 11 is 6.68. The fourth-order valence-corrected chi connectivity index (χ4v) is 4.58. The number of amides is 1. The predicted octanol–water partition coefficient (Wildman–Crippen LogP) is 4.49. The summed E-state index contributed by atoms with van der Waals surface area (Å²) in [6.45, 7) is 2.47. The third-order valence-electron chi connectivity index (χ3n) is 4.86. The molecule has 4 rings (SSSR count). The van der Waals surface area contributed by atoms with Crippen molar-refractivity contribution in [2.24, 2.45) is 0 Å². The highest BCUT2D eigenvalue weighted by Crippen LogP contribution is 2.33. The number of thiocarbonyl (C=S) groups is 1. The van der Waals surface area contributed by atoms with Gasteiger partial charge < -0.3 is 4.74 Å². The third-order valence-corrected chi connectivity index (χ3v) is 6.24. The molecule has 6 nitrogen and oxygen atoms in total. The molecule has 32 heavy (non-hydrogen) atoms. The van der Waals surface area contributed by atoms with Gasteiger partial charge in [0.2, 0.25) is 0 Å². The first-order valence-corrected chi connectivity index (χ1v) is 11.4. The molecule has 2 heterocycles. The van der Waals surface area contributed by atoms with Crippen molar-refractivity contribution in [3.8, 4) is 5.69 Å². The van der Waals surface area contributed by atoms with E-state index in [-0.39, 0.29) is 18.2 Å². The minimum absolute atomic E-state index is 0.158. The quantitative estimate of drug-likeness (QED) is 0.292. The number of para-hydroxylation sites is 1. The van der Waals surface area contributed by atoms with Crippen LogP contribution in [0.25, 0.3) is 11.8 Å². The first kappa shape index (κ1) is 22.0. The van der Waals surface area contributed by atoms with E-state index in [4.69, 9.17) is 17.0 Å². The smallest absolute Gasteiger partial charge is 0.359 e. The van der Waals surface area contributed by atoms with Gasteiger partial charge in [-0.3, -0.25) is 9.69 Å². The Kier molecular flexibility index (Phi) is 6.82. The van der Waals surface area contributed by atoms with Crippen molar-refractivity contribution in [3.05, 3.63) is 88.6 Å². The van der Waals surface area contributed by atoms with E-state index in [1.54, 1.807) is 28.8 Å². The summed E-state index contributed by atoms with van der Waals surface area (Å²) in [4.78, 5) is 27.6. The summed E-state index contributed by atoms with van der Waals surface area (Å²) in [7, 11) is 0. The Labute approximate surface area is 195 Å². The number of ether oxygens (including phenoxy) is 1. The minimum Gasteiger partial charge on any atom is -0.461 e. The molecule has 162 valence electrons. The molecule has 0 saturated carbocycles. The van der Waals surface area contributed by atoms with Gasteiger partial charge >= 0.3 is 5.97 Å². The maximum Gasteiger partial charge on any atom is 0.359 e. The second-order valence-corrected chi connectivity index (χ2v) is 8.68. The number of benzene rings is 2. The SMILES string of the molecule is CCOC(=O)c1nn(-c2ccccc2)cc1/C=C1\SC(=S)N(CCc2ccccc2)C1=O. The topological polar surface area (TPSA) is 64.4 Å². The number of nitrogens with zero attached hydrogens (tertiary/aromatic N) is 3. The molecular weight excluding hydrogens is 442 g/mol. The van der Waals surface area contributed by atoms with E-state index >= 15 is 0 Å². The largest absolute Gasteiger partial charge is 0.461 e. The number of carbonyl (C=O) groups is 2. The van der Waals surface area contributed by atoms with Gasteiger partial charge in [0.05, 0.1) is 17.2 Å². The Morgan fingerprint density at radius 3 is 2.50 bits per heavy atom. The van der Waals surface area contributed by atoms with Crippen LogP contribution in [0.2, 0.25) is 0 Å². The average molecular weight is 464 g/mol. The highest BCUT2D eigenvalue weighted by atomic mass is 32.2. The van der Waals surface area contributed by atoms with Crippen LogP contribution in [0.15, 0.2) is 71.8 Å². The van der Waals surface area contributed by atoms with Crippen molar-refractivity contribution in [1.82, 2.24) is 14.7 Å². The average Bonchev–Trinajstić information content (AvgIpc) is 3.35. The number of thioether (sulfide) groups is 1. The summed E-state index contributed by atoms with van der Waals surface area (Å²) in [5, 5.41) is 4.41. The zero-order valence-corrected chi connectivity index (χ0v) is 19.1. The molecule has 3 aromatic rings. The predicted molar refractivity (Wildman–Crippen MR) is 130 cm³/mol. The zero-order chi connectivity index (χ0) is 22.5. The lowest BCUT2D eigenvalue weighted by atomic mass is 10.1. The zero-order valence-electron chi connectivity index (χ0n) is 17.4. The van der Waals surface area contributed by atoms with Crippen molar-refractivity contribution >= 4 is 46.3 Å². The van der Waals surface area contributed by atoms with Crippen molar-refractivity contribution in [1.29, 1.82) is 0 Å². The van der Waals surface area contributed by atoms with Crippen molar-refractivity contribution in [3.63, 3.8) is 0 Å². The molecule has 1 amide bonds. The molecule has 1 fully saturated rings. The van der Waals surface area contributed by atoms with Gasteiger partial charge in [0, 0.05) is 18.3 Å². The van der Waals surface area contributed by atoms with Crippen LogP contribution in [0, 0.1) is 0 Å². The molecule has 1 aliphatic heterocycles. The molecule has 0 bridgehead atoms. The molecule has 1 aliphatic rings. The van der Waals surface area contributed by atoms with Crippen LogP contribution in [0.4, 0.5) is 0 Å². The van der Waals surface area contributed by atoms with Crippen LogP contribution in [0.1, 0.15) is 28.5 Å². The van der Waals surface area contributed by atoms with Crippen LogP contribution >= 0.6 is 24.0 Å². The van der Waals surface area contributed by atoms with Crippen LogP contribution in [-0.2, 0) is 16.0 Å². The van der Waals surface area contributed by atoms with Gasteiger partial charge in [0.15, 0.2) is 5.69 Å². The summed E-state index contributed by atoms with van der Waals surface area (Å²) < 4.78 is 7.28. The summed E-state index contributed by atoms with van der Waals surface area (Å²) in [6.07, 6.45) is 4.10. The Bertz CT molecular complexity index is 1170. The lowest BCUT2D eigenvalue weighted by molar-refractivity contribution is -0.122. The molecule has 0 radical (unpaired) electrons. The normalized spacial score (nSPS) is 14.9. The third kappa shape index (κ3) is 4.81. The Morgan fingerprint density at radius 2 is 1.81 bits per heavy atom. The Morgan fingerprint density at radius 1 is 1.12 bits per heavy atom. The highest BCUT2D eigenvalue weighted by molar-refractivity contribution is 8.26. The second-order valence-electron chi connectivity index (χ2n) is 7.00. The van der Waals surface area contributed by atoms with E-state index in [0.29, 0.717) is 27.8 Å². The molecular formula is C24H21N3O3S2. The van der Waals surface area contributed by atoms with E-state index in [1.807, 2.05) is 60.7 Å². The summed E-state index contributed by atoms with van der Waals surface area (Å²) in [5.74, 6) is -0.703. The monoisotopic (exact) mass is 463 g/mol. The van der Waals surface area contributed by atoms with Crippen molar-refractivity contribution in [2.75, 3.05) is 13.2 Å². The molecule has 2 aromatic carbocycles. The fraction of sp³-hybridized carbons (Fsp3) is 0.167. The maximum absolute atomic E-state index is 13.0. The number of esters is 1. The molecule has 0 atom stereocenters. The first-order chi connectivity index (χ1) is 15.6. The van der Waals surface area contributed by atoms with Gasteiger partial charge in [0.25, 0.3) is 5.91 Å². The number of hydrogen-bond donors (Lipinski definition) is 0. The standard InChI is InChI=1S/C24H21N3O3S2/c1-2-30-23(29)21-18(16-27(25-21)19-11-7-4-8-12-19)15-20-22(28)26(24(31)32-20)14-13-17-9-5-3-6-10-17/h3-12,15-16H,2,13-14H2,1H3/b20-15-. The Hall–Kier alpha value is -3.23. The summed E-state index contributed by atoms with van der Waals surface area (Å²) in [6, 6.07) is 19.4. The van der Waals surface area contributed by atoms with E-state index in [9.17, 15) is 9.59 Å². The van der Waals surface area contributed by atoms with Gasteiger partial charge in [-0.2, -0.15) is 5.10 Å². The number of aromatic nitrogens is 2. The lowest BCUT2D eigenvalue weighted by Gasteiger charge is -2.14. The van der Waals surface area contributed by atoms with Crippen LogP contribution < -0.4 is 0 Å². The van der Waals surface area contributed by atoms with Gasteiger partial charge in [0.1, 0.15) is 4.32 Å². The van der Waals surface area contributed by atoms with E-state index in [0.717, 1.165) is 11.3 Å². The number of hydrogen-bond acceptors (Lipinski definition) is 6. The molecule has 0 N–H and O–H groups in total. The van der Waals surface area contributed by atoms with Gasteiger partial charge in [-0.25, -0.2) is 9.48 Å². The molecule has 0 spiro atoms. The second kappa shape index (κ2) is 9.93. The van der Waals surface area contributed by atoms with Crippen LogP contribution in [-0.4, -0.2) is 44.0 Å². The highest BCUT2D eigenvalue weighted by Gasteiger charge is 2.32. The van der Waals surface area contributed by atoms with Gasteiger partial charge in [-0.1, -0.05) is 72.5 Å². The number of rotatable bonds is 7. The molecule has 1 saturated heterocycles. The lowest BCUT2D eigenvalue weighted by Crippen LogP contribution is -2.30.